The first kappa shape index (κ1) is 13.3. The van der Waals surface area contributed by atoms with Crippen LogP contribution in [0.25, 0.3) is 0 Å². The van der Waals surface area contributed by atoms with Gasteiger partial charge < -0.3 is 20.6 Å². The van der Waals surface area contributed by atoms with Crippen LogP contribution in [-0.2, 0) is 11.3 Å². The number of carboxylic acid groups (broad SMARTS) is 1. The number of amides is 1. The standard InChI is InChI=1S/C12H12N2O4S/c13-6-7-3-4-8(18-7)11(15)14-10(12(16)17)9-2-1-5-19-9/h1-5,10H,6,13H2,(H,14,15)(H,16,17). The van der Waals surface area contributed by atoms with Crippen molar-refractivity contribution in [2.45, 2.75) is 12.6 Å². The number of hydrogen-bond donors (Lipinski definition) is 3. The Kier molecular flexibility index (Phi) is 3.98. The van der Waals surface area contributed by atoms with E-state index in [0.29, 0.717) is 10.6 Å². The number of furan rings is 1. The van der Waals surface area contributed by atoms with Crippen LogP contribution in [0.4, 0.5) is 0 Å². The van der Waals surface area contributed by atoms with Crippen LogP contribution in [0.1, 0.15) is 27.2 Å². The van der Waals surface area contributed by atoms with Gasteiger partial charge in [-0.3, -0.25) is 4.79 Å². The first-order valence-corrected chi connectivity index (χ1v) is 6.35. The first-order chi connectivity index (χ1) is 9.11. The van der Waals surface area contributed by atoms with Gasteiger partial charge in [-0.15, -0.1) is 11.3 Å². The molecule has 2 aromatic heterocycles. The lowest BCUT2D eigenvalue weighted by molar-refractivity contribution is -0.139. The number of nitrogens with one attached hydrogen (secondary N) is 1. The molecule has 2 aromatic rings. The van der Waals surface area contributed by atoms with E-state index >= 15 is 0 Å². The quantitative estimate of drug-likeness (QED) is 0.766. The van der Waals surface area contributed by atoms with Crippen LogP contribution in [-0.4, -0.2) is 17.0 Å². The van der Waals surface area contributed by atoms with Crippen molar-refractivity contribution in [2.75, 3.05) is 0 Å². The summed E-state index contributed by atoms with van der Waals surface area (Å²) in [6.07, 6.45) is 0. The topological polar surface area (TPSA) is 106 Å². The van der Waals surface area contributed by atoms with Gasteiger partial charge in [0.05, 0.1) is 6.54 Å². The summed E-state index contributed by atoms with van der Waals surface area (Å²) < 4.78 is 5.17. The summed E-state index contributed by atoms with van der Waals surface area (Å²) in [7, 11) is 0. The van der Waals surface area contributed by atoms with Gasteiger partial charge >= 0.3 is 5.97 Å². The van der Waals surface area contributed by atoms with Gasteiger partial charge in [0.25, 0.3) is 5.91 Å². The monoisotopic (exact) mass is 280 g/mol. The number of nitrogens with two attached hydrogens (primary N) is 1. The number of thiophene rings is 1. The molecule has 0 saturated carbocycles. The second-order valence-corrected chi connectivity index (χ2v) is 4.71. The van der Waals surface area contributed by atoms with Gasteiger partial charge in [0.2, 0.25) is 0 Å². The van der Waals surface area contributed by atoms with Crippen molar-refractivity contribution in [1.29, 1.82) is 0 Å². The highest BCUT2D eigenvalue weighted by molar-refractivity contribution is 7.10. The molecule has 1 amide bonds. The van der Waals surface area contributed by atoms with Crippen LogP contribution in [0.5, 0.6) is 0 Å². The van der Waals surface area contributed by atoms with Crippen molar-refractivity contribution in [3.8, 4) is 0 Å². The van der Waals surface area contributed by atoms with Crippen molar-refractivity contribution < 1.29 is 19.1 Å². The second-order valence-electron chi connectivity index (χ2n) is 3.73. The van der Waals surface area contributed by atoms with E-state index in [1.165, 1.54) is 17.4 Å². The third-order valence-corrected chi connectivity index (χ3v) is 3.37. The normalized spacial score (nSPS) is 12.1. The molecule has 0 bridgehead atoms. The van der Waals surface area contributed by atoms with Crippen LogP contribution >= 0.6 is 11.3 Å². The molecule has 0 aliphatic heterocycles. The molecule has 0 aliphatic rings. The van der Waals surface area contributed by atoms with Gasteiger partial charge in [0.1, 0.15) is 5.76 Å². The van der Waals surface area contributed by atoms with Crippen LogP contribution < -0.4 is 11.1 Å². The van der Waals surface area contributed by atoms with E-state index in [2.05, 4.69) is 5.32 Å². The zero-order chi connectivity index (χ0) is 13.8. The number of hydrogen-bond acceptors (Lipinski definition) is 5. The summed E-state index contributed by atoms with van der Waals surface area (Å²) >= 11 is 1.26. The molecule has 0 aromatic carbocycles. The maximum absolute atomic E-state index is 11.9. The molecule has 0 radical (unpaired) electrons. The molecule has 0 fully saturated rings. The fourth-order valence-corrected chi connectivity index (χ4v) is 2.29. The minimum atomic E-state index is -1.12. The van der Waals surface area contributed by atoms with Gasteiger partial charge in [-0.05, 0) is 23.6 Å². The summed E-state index contributed by atoms with van der Waals surface area (Å²) in [5, 5.41) is 13.3. The van der Waals surface area contributed by atoms with Crippen molar-refractivity contribution in [2.24, 2.45) is 5.73 Å². The molecule has 7 heteroatoms. The summed E-state index contributed by atoms with van der Waals surface area (Å²) in [5.74, 6) is -1.20. The third kappa shape index (κ3) is 3.01. The molecule has 2 heterocycles. The van der Waals surface area contributed by atoms with Crippen molar-refractivity contribution >= 4 is 23.2 Å². The molecule has 4 N–H and O–H groups in total. The van der Waals surface area contributed by atoms with Crippen LogP contribution in [0.2, 0.25) is 0 Å². The summed E-state index contributed by atoms with van der Waals surface area (Å²) in [5.41, 5.74) is 5.37. The Bertz CT molecular complexity index is 576. The number of rotatable bonds is 5. The SMILES string of the molecule is NCc1ccc(C(=O)NC(C(=O)O)c2cccs2)o1. The van der Waals surface area contributed by atoms with Gasteiger partial charge in [-0.25, -0.2) is 4.79 Å². The highest BCUT2D eigenvalue weighted by atomic mass is 32.1. The van der Waals surface area contributed by atoms with Crippen molar-refractivity contribution in [3.05, 3.63) is 46.0 Å². The molecule has 100 valence electrons. The Labute approximate surface area is 112 Å². The van der Waals surface area contributed by atoms with E-state index in [4.69, 9.17) is 15.3 Å². The average Bonchev–Trinajstić information content (AvgIpc) is 3.05. The van der Waals surface area contributed by atoms with E-state index in [0.717, 1.165) is 0 Å². The Morgan fingerprint density at radius 2 is 2.21 bits per heavy atom. The molecule has 0 saturated heterocycles. The van der Waals surface area contributed by atoms with Crippen LogP contribution in [0.3, 0.4) is 0 Å². The molecular weight excluding hydrogens is 268 g/mol. The maximum atomic E-state index is 11.9. The van der Waals surface area contributed by atoms with Crippen molar-refractivity contribution in [1.82, 2.24) is 5.32 Å². The number of carbonyl (C=O) groups is 2. The molecule has 1 atom stereocenters. The minimum absolute atomic E-state index is 0.0447. The minimum Gasteiger partial charge on any atom is -0.479 e. The number of carboxylic acids is 1. The largest absolute Gasteiger partial charge is 0.479 e. The molecule has 19 heavy (non-hydrogen) atoms. The highest BCUT2D eigenvalue weighted by Gasteiger charge is 2.24. The van der Waals surface area contributed by atoms with Crippen molar-refractivity contribution in [3.63, 3.8) is 0 Å². The van der Waals surface area contributed by atoms with E-state index in [1.54, 1.807) is 23.6 Å². The van der Waals surface area contributed by atoms with Gasteiger partial charge in [-0.1, -0.05) is 6.07 Å². The summed E-state index contributed by atoms with van der Waals surface area (Å²) in [4.78, 5) is 23.6. The van der Waals surface area contributed by atoms with E-state index in [9.17, 15) is 9.59 Å². The lowest BCUT2D eigenvalue weighted by atomic mass is 10.2. The number of aliphatic carboxylic acids is 1. The molecule has 6 nitrogen and oxygen atoms in total. The van der Waals surface area contributed by atoms with E-state index < -0.39 is 17.9 Å². The third-order valence-electron chi connectivity index (χ3n) is 2.44. The highest BCUT2D eigenvalue weighted by Crippen LogP contribution is 2.20. The van der Waals surface area contributed by atoms with Gasteiger partial charge in [0, 0.05) is 4.88 Å². The first-order valence-electron chi connectivity index (χ1n) is 5.47. The fourth-order valence-electron chi connectivity index (χ4n) is 1.52. The smallest absolute Gasteiger partial charge is 0.331 e. The molecular formula is C12H12N2O4S. The Hall–Kier alpha value is -2.12. The predicted octanol–water partition coefficient (Wildman–Crippen LogP) is 1.36. The summed E-state index contributed by atoms with van der Waals surface area (Å²) in [6, 6.07) is 5.33. The molecule has 2 rings (SSSR count). The Morgan fingerprint density at radius 3 is 2.74 bits per heavy atom. The lowest BCUT2D eigenvalue weighted by Crippen LogP contribution is -2.33. The zero-order valence-corrected chi connectivity index (χ0v) is 10.6. The lowest BCUT2D eigenvalue weighted by Gasteiger charge is -2.11. The number of carbonyl (C=O) groups excluding carboxylic acids is 1. The molecule has 0 aliphatic carbocycles. The van der Waals surface area contributed by atoms with Gasteiger partial charge in [-0.2, -0.15) is 0 Å². The van der Waals surface area contributed by atoms with Crippen LogP contribution in [0.15, 0.2) is 34.1 Å². The summed E-state index contributed by atoms with van der Waals surface area (Å²) in [6.45, 7) is 0.181. The Morgan fingerprint density at radius 1 is 1.42 bits per heavy atom. The van der Waals surface area contributed by atoms with E-state index in [-0.39, 0.29) is 12.3 Å². The van der Waals surface area contributed by atoms with E-state index in [1.807, 2.05) is 0 Å². The van der Waals surface area contributed by atoms with Crippen LogP contribution in [0, 0.1) is 0 Å². The predicted molar refractivity (Wildman–Crippen MR) is 68.8 cm³/mol. The average molecular weight is 280 g/mol. The fraction of sp³-hybridized carbons (Fsp3) is 0.167. The molecule has 0 spiro atoms. The maximum Gasteiger partial charge on any atom is 0.331 e. The Balaban J connectivity index is 2.13. The second kappa shape index (κ2) is 5.68. The zero-order valence-electron chi connectivity index (χ0n) is 9.83. The molecule has 1 unspecified atom stereocenters. The van der Waals surface area contributed by atoms with Gasteiger partial charge in [0.15, 0.2) is 11.8 Å².